The number of likely N-dealkylation sites (tertiary alicyclic amines) is 1. The van der Waals surface area contributed by atoms with Gasteiger partial charge in [0.05, 0.1) is 11.6 Å². The minimum Gasteiger partial charge on any atom is -0.338 e. The number of aryl methyl sites for hydroxylation is 1. The summed E-state index contributed by atoms with van der Waals surface area (Å²) < 4.78 is 3.18. The maximum Gasteiger partial charge on any atom is 0.275 e. The van der Waals surface area contributed by atoms with Crippen LogP contribution in [0.4, 0.5) is 0 Å². The van der Waals surface area contributed by atoms with Crippen LogP contribution in [-0.2, 0) is 17.9 Å². The van der Waals surface area contributed by atoms with E-state index in [0.29, 0.717) is 5.39 Å². The summed E-state index contributed by atoms with van der Waals surface area (Å²) in [5.74, 6) is -0.0370. The molecule has 4 rings (SSSR count). The number of hydrogen-bond acceptors (Lipinski definition) is 4. The number of aromatic nitrogens is 4. The van der Waals surface area contributed by atoms with Gasteiger partial charge >= 0.3 is 0 Å². The molecular formula is C20H23N5O2. The first kappa shape index (κ1) is 17.5. The predicted molar refractivity (Wildman–Crippen MR) is 102 cm³/mol. The second-order valence-corrected chi connectivity index (χ2v) is 6.99. The molecule has 1 aliphatic heterocycles. The summed E-state index contributed by atoms with van der Waals surface area (Å²) in [6, 6.07) is 9.41. The fourth-order valence-electron chi connectivity index (χ4n) is 3.80. The highest BCUT2D eigenvalue weighted by atomic mass is 16.2. The first-order valence-electron chi connectivity index (χ1n) is 9.44. The summed E-state index contributed by atoms with van der Waals surface area (Å²) in [4.78, 5) is 27.5. The van der Waals surface area contributed by atoms with Gasteiger partial charge in [-0.25, -0.2) is 4.68 Å². The van der Waals surface area contributed by atoms with Crippen molar-refractivity contribution in [2.45, 2.75) is 44.8 Å². The Hall–Kier alpha value is -2.96. The molecule has 1 atom stereocenters. The number of amides is 1. The van der Waals surface area contributed by atoms with E-state index in [2.05, 4.69) is 10.2 Å². The van der Waals surface area contributed by atoms with Gasteiger partial charge in [-0.2, -0.15) is 10.2 Å². The number of benzene rings is 1. The molecule has 0 spiro atoms. The SMILES string of the molecule is O=C(Cn1ncc2ccccc2c1=O)N1CCCC[C@H]1CCn1cccn1. The number of carbonyl (C=O) groups is 1. The van der Waals surface area contributed by atoms with Crippen LogP contribution in [0.25, 0.3) is 10.8 Å². The van der Waals surface area contributed by atoms with Gasteiger partial charge in [0.2, 0.25) is 5.91 Å². The third kappa shape index (κ3) is 3.77. The predicted octanol–water partition coefficient (Wildman–Crippen LogP) is 2.06. The van der Waals surface area contributed by atoms with Gasteiger partial charge in [-0.3, -0.25) is 14.3 Å². The van der Waals surface area contributed by atoms with E-state index in [4.69, 9.17) is 0 Å². The van der Waals surface area contributed by atoms with Gasteiger partial charge < -0.3 is 4.90 Å². The maximum atomic E-state index is 12.9. The zero-order valence-corrected chi connectivity index (χ0v) is 15.2. The molecule has 1 aromatic carbocycles. The number of carbonyl (C=O) groups excluding carboxylic acids is 1. The summed E-state index contributed by atoms with van der Waals surface area (Å²) >= 11 is 0. The van der Waals surface area contributed by atoms with Gasteiger partial charge in [0, 0.05) is 36.9 Å². The molecule has 2 aromatic heterocycles. The minimum atomic E-state index is -0.216. The molecule has 1 aliphatic rings. The van der Waals surface area contributed by atoms with Gasteiger partial charge in [0.15, 0.2) is 0 Å². The minimum absolute atomic E-state index is 0.0120. The van der Waals surface area contributed by atoms with Crippen molar-refractivity contribution in [2.24, 2.45) is 0 Å². The zero-order chi connectivity index (χ0) is 18.6. The van der Waals surface area contributed by atoms with E-state index < -0.39 is 0 Å². The molecule has 3 aromatic rings. The highest BCUT2D eigenvalue weighted by Gasteiger charge is 2.27. The molecule has 3 heterocycles. The molecular weight excluding hydrogens is 342 g/mol. The fraction of sp³-hybridized carbons (Fsp3) is 0.400. The van der Waals surface area contributed by atoms with Crippen molar-refractivity contribution in [1.29, 1.82) is 0 Å². The molecule has 27 heavy (non-hydrogen) atoms. The number of piperidine rings is 1. The third-order valence-corrected chi connectivity index (χ3v) is 5.24. The Balaban J connectivity index is 1.48. The monoisotopic (exact) mass is 365 g/mol. The molecule has 1 saturated heterocycles. The van der Waals surface area contributed by atoms with Crippen molar-refractivity contribution in [2.75, 3.05) is 6.54 Å². The highest BCUT2D eigenvalue weighted by molar-refractivity contribution is 5.81. The van der Waals surface area contributed by atoms with Gasteiger partial charge in [0.1, 0.15) is 6.54 Å². The molecule has 0 aliphatic carbocycles. The van der Waals surface area contributed by atoms with Crippen LogP contribution in [0.5, 0.6) is 0 Å². The average molecular weight is 365 g/mol. The highest BCUT2D eigenvalue weighted by Crippen LogP contribution is 2.20. The molecule has 7 nitrogen and oxygen atoms in total. The zero-order valence-electron chi connectivity index (χ0n) is 15.2. The summed E-state index contributed by atoms with van der Waals surface area (Å²) in [6.45, 7) is 1.52. The number of fused-ring (bicyclic) bond motifs is 1. The van der Waals surface area contributed by atoms with Gasteiger partial charge in [0.25, 0.3) is 5.56 Å². The molecule has 1 fully saturated rings. The molecule has 7 heteroatoms. The third-order valence-electron chi connectivity index (χ3n) is 5.24. The standard InChI is InChI=1S/C20H23N5O2/c26-19(15-25-20(27)18-8-2-1-6-16(18)14-22-25)24-12-4-3-7-17(24)9-13-23-11-5-10-21-23/h1-2,5-6,8,10-11,14,17H,3-4,7,9,12-13,15H2/t17-/m0/s1. The van der Waals surface area contributed by atoms with E-state index in [1.54, 1.807) is 18.5 Å². The lowest BCUT2D eigenvalue weighted by molar-refractivity contribution is -0.136. The van der Waals surface area contributed by atoms with Crippen LogP contribution >= 0.6 is 0 Å². The Kier molecular flexibility index (Phi) is 5.00. The van der Waals surface area contributed by atoms with Gasteiger partial charge in [-0.05, 0) is 37.8 Å². The van der Waals surface area contributed by atoms with Crippen LogP contribution in [0.15, 0.2) is 53.7 Å². The lowest BCUT2D eigenvalue weighted by Gasteiger charge is -2.36. The van der Waals surface area contributed by atoms with Crippen LogP contribution in [0.2, 0.25) is 0 Å². The van der Waals surface area contributed by atoms with Crippen LogP contribution in [0, 0.1) is 0 Å². The Morgan fingerprint density at radius 2 is 2.04 bits per heavy atom. The van der Waals surface area contributed by atoms with E-state index in [1.807, 2.05) is 40.0 Å². The van der Waals surface area contributed by atoms with Crippen molar-refractivity contribution < 1.29 is 4.79 Å². The Bertz CT molecular complexity index is 979. The average Bonchev–Trinajstić information content (AvgIpc) is 3.22. The number of hydrogen-bond donors (Lipinski definition) is 0. The fourth-order valence-corrected chi connectivity index (χ4v) is 3.80. The second-order valence-electron chi connectivity index (χ2n) is 6.99. The Labute approximate surface area is 157 Å². The van der Waals surface area contributed by atoms with Crippen LogP contribution in [0.3, 0.4) is 0 Å². The van der Waals surface area contributed by atoms with Crippen molar-refractivity contribution >= 4 is 16.7 Å². The first-order valence-corrected chi connectivity index (χ1v) is 9.44. The maximum absolute atomic E-state index is 12.9. The van der Waals surface area contributed by atoms with E-state index in [1.165, 1.54) is 4.68 Å². The smallest absolute Gasteiger partial charge is 0.275 e. The van der Waals surface area contributed by atoms with E-state index in [9.17, 15) is 9.59 Å². The normalized spacial score (nSPS) is 17.3. The van der Waals surface area contributed by atoms with Crippen LogP contribution in [-0.4, -0.2) is 43.0 Å². The Morgan fingerprint density at radius 3 is 2.89 bits per heavy atom. The molecule has 0 radical (unpaired) electrons. The van der Waals surface area contributed by atoms with Gasteiger partial charge in [-0.1, -0.05) is 18.2 Å². The molecule has 140 valence electrons. The number of nitrogens with zero attached hydrogens (tertiary/aromatic N) is 5. The summed E-state index contributed by atoms with van der Waals surface area (Å²) in [7, 11) is 0. The first-order chi connectivity index (χ1) is 13.2. The van der Waals surface area contributed by atoms with E-state index >= 15 is 0 Å². The largest absolute Gasteiger partial charge is 0.338 e. The lowest BCUT2D eigenvalue weighted by Crippen LogP contribution is -2.46. The molecule has 0 unspecified atom stereocenters. The molecule has 0 bridgehead atoms. The summed E-state index contributed by atoms with van der Waals surface area (Å²) in [6.07, 6.45) is 9.34. The molecule has 1 amide bonds. The van der Waals surface area contributed by atoms with E-state index in [0.717, 1.165) is 44.2 Å². The summed E-state index contributed by atoms with van der Waals surface area (Å²) in [5.41, 5.74) is -0.216. The summed E-state index contributed by atoms with van der Waals surface area (Å²) in [5, 5.41) is 9.82. The van der Waals surface area contributed by atoms with Crippen molar-refractivity contribution in [3.63, 3.8) is 0 Å². The van der Waals surface area contributed by atoms with E-state index in [-0.39, 0.29) is 24.1 Å². The Morgan fingerprint density at radius 1 is 1.15 bits per heavy atom. The second kappa shape index (κ2) is 7.73. The lowest BCUT2D eigenvalue weighted by atomic mass is 9.99. The van der Waals surface area contributed by atoms with Gasteiger partial charge in [-0.15, -0.1) is 0 Å². The van der Waals surface area contributed by atoms with Crippen LogP contribution in [0.1, 0.15) is 25.7 Å². The number of rotatable bonds is 5. The van der Waals surface area contributed by atoms with Crippen molar-refractivity contribution in [1.82, 2.24) is 24.5 Å². The topological polar surface area (TPSA) is 73.0 Å². The molecule has 0 N–H and O–H groups in total. The van der Waals surface area contributed by atoms with Crippen molar-refractivity contribution in [3.8, 4) is 0 Å². The van der Waals surface area contributed by atoms with Crippen molar-refractivity contribution in [3.05, 3.63) is 59.3 Å². The molecule has 0 saturated carbocycles. The van der Waals surface area contributed by atoms with Crippen LogP contribution < -0.4 is 5.56 Å². The quantitative estimate of drug-likeness (QED) is 0.694.